The monoisotopic (exact) mass is 276 g/mol. The molecule has 0 bridgehead atoms. The molecule has 112 valence electrons. The van der Waals surface area contributed by atoms with Gasteiger partial charge in [0.05, 0.1) is 5.56 Å². The van der Waals surface area contributed by atoms with Gasteiger partial charge in [-0.25, -0.2) is 4.98 Å². The van der Waals surface area contributed by atoms with Gasteiger partial charge in [-0.05, 0) is 37.3 Å². The van der Waals surface area contributed by atoms with E-state index < -0.39 is 0 Å². The molecule has 0 amide bonds. The van der Waals surface area contributed by atoms with Crippen molar-refractivity contribution in [3.05, 3.63) is 22.9 Å². The maximum absolute atomic E-state index is 7.86. The van der Waals surface area contributed by atoms with E-state index in [1.165, 1.54) is 0 Å². The molecule has 0 fully saturated rings. The number of nitrogens with one attached hydrogen (secondary N) is 1. The summed E-state index contributed by atoms with van der Waals surface area (Å²) >= 11 is 0. The Morgan fingerprint density at radius 3 is 2.10 bits per heavy atom. The van der Waals surface area contributed by atoms with E-state index in [2.05, 4.69) is 37.6 Å². The van der Waals surface area contributed by atoms with E-state index in [1.54, 1.807) is 0 Å². The van der Waals surface area contributed by atoms with E-state index in [0.29, 0.717) is 11.8 Å². The smallest absolute Gasteiger partial charge is 0.140 e. The van der Waals surface area contributed by atoms with E-state index in [4.69, 9.17) is 11.1 Å². The highest BCUT2D eigenvalue weighted by molar-refractivity contribution is 6.01. The molecule has 1 rings (SSSR count). The van der Waals surface area contributed by atoms with E-state index >= 15 is 0 Å². The molecule has 0 radical (unpaired) electrons. The second-order valence-corrected chi connectivity index (χ2v) is 6.39. The van der Waals surface area contributed by atoms with Crippen molar-refractivity contribution in [2.75, 3.05) is 18.0 Å². The number of nitrogens with two attached hydrogens (primary N) is 1. The summed E-state index contributed by atoms with van der Waals surface area (Å²) in [6.07, 6.45) is 0. The third kappa shape index (κ3) is 4.22. The van der Waals surface area contributed by atoms with Gasteiger partial charge < -0.3 is 10.6 Å². The molecule has 4 nitrogen and oxygen atoms in total. The van der Waals surface area contributed by atoms with Crippen LogP contribution in [0.5, 0.6) is 0 Å². The lowest BCUT2D eigenvalue weighted by Gasteiger charge is -2.30. The number of aromatic nitrogens is 1. The van der Waals surface area contributed by atoms with Crippen LogP contribution in [0.25, 0.3) is 0 Å². The first-order valence-electron chi connectivity index (χ1n) is 7.30. The van der Waals surface area contributed by atoms with Crippen LogP contribution in [-0.4, -0.2) is 23.9 Å². The fourth-order valence-corrected chi connectivity index (χ4v) is 2.51. The molecule has 0 aliphatic carbocycles. The minimum atomic E-state index is 0.0995. The van der Waals surface area contributed by atoms with Gasteiger partial charge in [0, 0.05) is 18.8 Å². The van der Waals surface area contributed by atoms with Crippen LogP contribution in [0.3, 0.4) is 0 Å². The average molecular weight is 276 g/mol. The molecule has 20 heavy (non-hydrogen) atoms. The lowest BCUT2D eigenvalue weighted by molar-refractivity contribution is 0.548. The Morgan fingerprint density at radius 2 is 1.70 bits per heavy atom. The first-order valence-corrected chi connectivity index (χ1v) is 7.30. The van der Waals surface area contributed by atoms with Crippen LogP contribution < -0.4 is 10.6 Å². The molecule has 1 aromatic heterocycles. The van der Waals surface area contributed by atoms with Crippen molar-refractivity contribution in [2.24, 2.45) is 17.6 Å². The summed E-state index contributed by atoms with van der Waals surface area (Å²) in [5.74, 6) is 2.03. The number of anilines is 1. The lowest BCUT2D eigenvalue weighted by Crippen LogP contribution is -2.34. The van der Waals surface area contributed by atoms with E-state index in [1.807, 2.05) is 19.9 Å². The normalized spacial score (nSPS) is 11.2. The molecule has 1 aromatic rings. The predicted octanol–water partition coefficient (Wildman–Crippen LogP) is 3.10. The minimum absolute atomic E-state index is 0.0995. The number of hydrogen-bond acceptors (Lipinski definition) is 3. The lowest BCUT2D eigenvalue weighted by atomic mass is 10.1. The summed E-state index contributed by atoms with van der Waals surface area (Å²) in [4.78, 5) is 6.94. The summed E-state index contributed by atoms with van der Waals surface area (Å²) in [5.41, 5.74) is 8.55. The van der Waals surface area contributed by atoms with Crippen LogP contribution in [0.15, 0.2) is 6.07 Å². The van der Waals surface area contributed by atoms with Crippen molar-refractivity contribution in [3.8, 4) is 0 Å². The van der Waals surface area contributed by atoms with Crippen LogP contribution in [0.2, 0.25) is 0 Å². The van der Waals surface area contributed by atoms with Crippen LogP contribution in [0.1, 0.15) is 44.5 Å². The zero-order valence-electron chi connectivity index (χ0n) is 13.6. The summed E-state index contributed by atoms with van der Waals surface area (Å²) in [7, 11) is 0. The molecule has 0 aromatic carbocycles. The molecule has 0 unspecified atom stereocenters. The molecule has 0 aliphatic rings. The van der Waals surface area contributed by atoms with Crippen LogP contribution in [0, 0.1) is 31.1 Å². The second-order valence-electron chi connectivity index (χ2n) is 6.39. The highest BCUT2D eigenvalue weighted by Crippen LogP contribution is 2.24. The molecule has 3 N–H and O–H groups in total. The van der Waals surface area contributed by atoms with E-state index in [-0.39, 0.29) is 5.84 Å². The standard InChI is InChI=1S/C16H28N4/c1-10(2)8-20(9-11(3)4)16-14(15(17)18)12(5)7-13(6)19-16/h7,10-11H,8-9H2,1-6H3,(H3,17,18). The second kappa shape index (κ2) is 6.73. The minimum Gasteiger partial charge on any atom is -0.384 e. The van der Waals surface area contributed by atoms with Crippen molar-refractivity contribution in [3.63, 3.8) is 0 Å². The van der Waals surface area contributed by atoms with Gasteiger partial charge in [-0.1, -0.05) is 27.7 Å². The Balaban J connectivity index is 3.33. The van der Waals surface area contributed by atoms with Gasteiger partial charge in [0.2, 0.25) is 0 Å². The number of nitrogens with zero attached hydrogens (tertiary/aromatic N) is 2. The van der Waals surface area contributed by atoms with Crippen molar-refractivity contribution in [2.45, 2.75) is 41.5 Å². The Bertz CT molecular complexity index is 468. The summed E-state index contributed by atoms with van der Waals surface area (Å²) < 4.78 is 0. The third-order valence-corrected chi connectivity index (χ3v) is 3.07. The van der Waals surface area contributed by atoms with Gasteiger partial charge >= 0.3 is 0 Å². The molecule has 0 spiro atoms. The maximum Gasteiger partial charge on any atom is 0.140 e. The third-order valence-electron chi connectivity index (χ3n) is 3.07. The first kappa shape index (κ1) is 16.5. The molecule has 0 aliphatic heterocycles. The number of hydrogen-bond donors (Lipinski definition) is 2. The Kier molecular flexibility index (Phi) is 5.54. The summed E-state index contributed by atoms with van der Waals surface area (Å²) in [5, 5.41) is 7.86. The molecule has 4 heteroatoms. The fourth-order valence-electron chi connectivity index (χ4n) is 2.51. The summed E-state index contributed by atoms with van der Waals surface area (Å²) in [6.45, 7) is 14.6. The van der Waals surface area contributed by atoms with Crippen molar-refractivity contribution >= 4 is 11.7 Å². The first-order chi connectivity index (χ1) is 9.22. The number of pyridine rings is 1. The average Bonchev–Trinajstić information content (AvgIpc) is 2.24. The van der Waals surface area contributed by atoms with Crippen molar-refractivity contribution in [1.29, 1.82) is 5.41 Å². The topological polar surface area (TPSA) is 66.0 Å². The molecule has 0 saturated heterocycles. The highest BCUT2D eigenvalue weighted by Gasteiger charge is 2.19. The fraction of sp³-hybridized carbons (Fsp3) is 0.625. The van der Waals surface area contributed by atoms with Crippen LogP contribution >= 0.6 is 0 Å². The van der Waals surface area contributed by atoms with Gasteiger partial charge in [0.15, 0.2) is 0 Å². The van der Waals surface area contributed by atoms with Gasteiger partial charge in [0.1, 0.15) is 11.7 Å². The number of aryl methyl sites for hydroxylation is 2. The quantitative estimate of drug-likeness (QED) is 0.620. The number of nitrogen functional groups attached to an aromatic ring is 1. The molecule has 0 saturated carbocycles. The van der Waals surface area contributed by atoms with Gasteiger partial charge in [-0.15, -0.1) is 0 Å². The molecule has 1 heterocycles. The zero-order chi connectivity index (χ0) is 15.4. The van der Waals surface area contributed by atoms with Crippen molar-refractivity contribution in [1.82, 2.24) is 4.98 Å². The van der Waals surface area contributed by atoms with Crippen LogP contribution in [-0.2, 0) is 0 Å². The maximum atomic E-state index is 7.86. The molecular formula is C16H28N4. The molecular weight excluding hydrogens is 248 g/mol. The van der Waals surface area contributed by atoms with Gasteiger partial charge in [0.25, 0.3) is 0 Å². The zero-order valence-corrected chi connectivity index (χ0v) is 13.6. The Hall–Kier alpha value is -1.58. The SMILES string of the molecule is Cc1cc(C)c(C(=N)N)c(N(CC(C)C)CC(C)C)n1. The predicted molar refractivity (Wildman–Crippen MR) is 86.6 cm³/mol. The van der Waals surface area contributed by atoms with Crippen molar-refractivity contribution < 1.29 is 0 Å². The van der Waals surface area contributed by atoms with Gasteiger partial charge in [-0.3, -0.25) is 5.41 Å². The molecule has 0 atom stereocenters. The number of amidine groups is 1. The van der Waals surface area contributed by atoms with E-state index in [9.17, 15) is 0 Å². The Morgan fingerprint density at radius 1 is 1.20 bits per heavy atom. The Labute approximate surface area is 122 Å². The van der Waals surface area contributed by atoms with Crippen LogP contribution in [0.4, 0.5) is 5.82 Å². The largest absolute Gasteiger partial charge is 0.384 e. The van der Waals surface area contributed by atoms with E-state index in [0.717, 1.165) is 35.7 Å². The highest BCUT2D eigenvalue weighted by atomic mass is 15.2. The number of rotatable bonds is 6. The summed E-state index contributed by atoms with van der Waals surface area (Å²) in [6, 6.07) is 1.99. The van der Waals surface area contributed by atoms with Gasteiger partial charge in [-0.2, -0.15) is 0 Å².